The summed E-state index contributed by atoms with van der Waals surface area (Å²) in [4.78, 5) is 112. The molecule has 0 radical (unpaired) electrons. The molecule has 0 aliphatic rings. The molecule has 11 N–H and O–H groups in total. The zero-order chi connectivity index (χ0) is 76.6. The number of anilines is 3. The van der Waals surface area contributed by atoms with Crippen LogP contribution in [-0.4, -0.2) is 107 Å². The van der Waals surface area contributed by atoms with Crippen molar-refractivity contribution in [3.8, 4) is 0 Å². The molecule has 9 heterocycles. The number of benzene rings is 3. The second-order valence-electron chi connectivity index (χ2n) is 24.4. The minimum absolute atomic E-state index is 0. The molecule has 0 spiro atoms. The van der Waals surface area contributed by atoms with Crippen molar-refractivity contribution in [3.63, 3.8) is 0 Å². The van der Waals surface area contributed by atoms with Crippen LogP contribution in [0.4, 0.5) is 17.5 Å². The van der Waals surface area contributed by atoms with E-state index in [9.17, 15) is 28.8 Å². The average molecular weight is 1560 g/mol. The summed E-state index contributed by atoms with van der Waals surface area (Å²) in [5.41, 5.74) is 39.1. The van der Waals surface area contributed by atoms with E-state index >= 15 is 0 Å². The van der Waals surface area contributed by atoms with Crippen LogP contribution in [0.25, 0.3) is 32.7 Å². The largest absolute Gasteiger partial charge is 0.478 e. The van der Waals surface area contributed by atoms with E-state index in [1.807, 2.05) is 65.8 Å². The Balaban J connectivity index is 0.000000238. The van der Waals surface area contributed by atoms with E-state index in [-0.39, 0.29) is 44.6 Å². The Hall–Kier alpha value is -11.9. The van der Waals surface area contributed by atoms with Crippen LogP contribution >= 0.6 is 47.2 Å². The summed E-state index contributed by atoms with van der Waals surface area (Å²) >= 11 is 18.2. The molecule has 0 saturated heterocycles. The molecule has 12 rings (SSSR count). The standard InChI is InChI=1S/2C26H24ClN5O3.C18H13ClN2O4.C8H13N3.2CH4.ClH/c2*1-14-6-23(28)32-15(2)22(14)13-31-25(33)17-4-5-29-20(11-17)8-16-7-18-10-19(27)12-30-24(18)21(9-16)26(34)35-3;1-25-18(24)15-6-10(4-12-7-13(19)9-21-16(12)15)5-14-8-11(17(22)23)2-3-20-14;1-5-3-8(10)11-6(2)7(5)4-9;;;/h2*4-7,9-12H,8,13H2,1-3H3,(H2,28,32)(H,31,33);2-4,6-9H,5H2,1H3,(H,22,23);3H,4,9H2,1-2H3,(H2,10,11);2*1H4;1H. The number of ether oxygens (including phenoxy) is 3. The number of carbonyl (C=O) groups excluding carboxylic acids is 5. The van der Waals surface area contributed by atoms with Crippen LogP contribution in [0.1, 0.15) is 161 Å². The number of nitrogens with zero attached hydrogens (tertiary/aromatic N) is 9. The van der Waals surface area contributed by atoms with Crippen molar-refractivity contribution in [1.82, 2.24) is 55.5 Å². The van der Waals surface area contributed by atoms with Crippen LogP contribution in [0.5, 0.6) is 0 Å². The maximum absolute atomic E-state index is 12.8. The quantitative estimate of drug-likeness (QED) is 0.0329. The number of methoxy groups -OCH3 is 3. The van der Waals surface area contributed by atoms with Gasteiger partial charge < -0.3 is 52.9 Å². The molecule has 0 bridgehead atoms. The van der Waals surface area contributed by atoms with Gasteiger partial charge in [0.2, 0.25) is 0 Å². The zero-order valence-electron chi connectivity index (χ0n) is 59.6. The number of amides is 2. The highest BCUT2D eigenvalue weighted by atomic mass is 35.5. The van der Waals surface area contributed by atoms with Crippen molar-refractivity contribution in [2.45, 2.75) is 95.3 Å². The summed E-state index contributed by atoms with van der Waals surface area (Å²) in [6.07, 6.45) is 10.2. The summed E-state index contributed by atoms with van der Waals surface area (Å²) in [6, 6.07) is 31.1. The molecule has 0 saturated carbocycles. The first-order valence-corrected chi connectivity index (χ1v) is 33.8. The number of carboxylic acids is 1. The van der Waals surface area contributed by atoms with E-state index in [1.165, 1.54) is 58.2 Å². The van der Waals surface area contributed by atoms with Crippen molar-refractivity contribution >= 4 is 133 Å². The van der Waals surface area contributed by atoms with E-state index in [1.54, 1.807) is 85.2 Å². The molecule has 566 valence electrons. The van der Waals surface area contributed by atoms with Gasteiger partial charge in [-0.2, -0.15) is 0 Å². The number of hydrogen-bond donors (Lipinski definition) is 7. The number of pyridine rings is 9. The number of carbonyl (C=O) groups is 6. The van der Waals surface area contributed by atoms with Gasteiger partial charge in [-0.15, -0.1) is 12.4 Å². The molecule has 29 heteroatoms. The van der Waals surface area contributed by atoms with Gasteiger partial charge in [0.25, 0.3) is 11.8 Å². The normalized spacial score (nSPS) is 10.4. The van der Waals surface area contributed by atoms with E-state index in [0.717, 1.165) is 67.2 Å². The fourth-order valence-electron chi connectivity index (χ4n) is 11.8. The van der Waals surface area contributed by atoms with Gasteiger partial charge in [0.1, 0.15) is 17.5 Å². The van der Waals surface area contributed by atoms with Crippen molar-refractivity contribution in [2.75, 3.05) is 38.5 Å². The number of hydrogen-bond acceptors (Lipinski definition) is 22. The van der Waals surface area contributed by atoms with Gasteiger partial charge in [0.05, 0.1) is 75.2 Å². The fourth-order valence-corrected chi connectivity index (χ4v) is 12.3. The SMILES string of the molecule is C.C.COC(=O)c1cc(Cc2cc(C(=O)NCc3c(C)cc(N)nc3C)ccn2)cc2cc(Cl)cnc12.COC(=O)c1cc(Cc2cc(C(=O)NCc3c(C)cc(N)nc3C)ccn2)cc2cc(Cl)cnc12.COC(=O)c1cc(Cc2cc(C(=O)O)ccn2)cc2cc(Cl)cnc12.Cc1cc(N)nc(C)c1CN.Cl. The van der Waals surface area contributed by atoms with E-state index < -0.39 is 23.9 Å². The minimum Gasteiger partial charge on any atom is -0.478 e. The molecular weight excluding hydrogens is 1470 g/mol. The molecule has 109 heavy (non-hydrogen) atoms. The van der Waals surface area contributed by atoms with Gasteiger partial charge in [-0.05, 0) is 201 Å². The zero-order valence-corrected chi connectivity index (χ0v) is 62.7. The van der Waals surface area contributed by atoms with Gasteiger partial charge in [-0.25, -0.2) is 34.1 Å². The number of esters is 3. The van der Waals surface area contributed by atoms with E-state index in [4.69, 9.17) is 77.1 Å². The summed E-state index contributed by atoms with van der Waals surface area (Å²) in [5.74, 6) is -1.49. The smallest absolute Gasteiger partial charge is 0.340 e. The number of nitrogens with two attached hydrogens (primary N) is 4. The summed E-state index contributed by atoms with van der Waals surface area (Å²) in [7, 11) is 3.95. The number of carboxylic acid groups (broad SMARTS) is 1. The van der Waals surface area contributed by atoms with Crippen molar-refractivity contribution < 1.29 is 48.1 Å². The Bertz CT molecular complexity index is 5110. The molecule has 0 fully saturated rings. The Morgan fingerprint density at radius 3 is 1.00 bits per heavy atom. The highest BCUT2D eigenvalue weighted by molar-refractivity contribution is 6.32. The first-order valence-electron chi connectivity index (χ1n) is 32.6. The second-order valence-corrected chi connectivity index (χ2v) is 25.7. The first-order chi connectivity index (χ1) is 50.6. The Labute approximate surface area is 651 Å². The third-order valence-electron chi connectivity index (χ3n) is 16.8. The van der Waals surface area contributed by atoms with Crippen molar-refractivity contribution in [3.05, 3.63) is 279 Å². The number of halogens is 4. The fraction of sp³-hybridized carbons (Fsp3) is 0.212. The number of aryl methyl sites for hydroxylation is 6. The highest BCUT2D eigenvalue weighted by Crippen LogP contribution is 2.29. The predicted octanol–water partition coefficient (Wildman–Crippen LogP) is 14.2. The number of nitrogen functional groups attached to an aromatic ring is 3. The lowest BCUT2D eigenvalue weighted by molar-refractivity contribution is 0.0593. The van der Waals surface area contributed by atoms with Gasteiger partial charge in [0.15, 0.2) is 0 Å². The van der Waals surface area contributed by atoms with Gasteiger partial charge >= 0.3 is 23.9 Å². The molecule has 9 aromatic heterocycles. The van der Waals surface area contributed by atoms with E-state index in [2.05, 4.69) is 55.5 Å². The molecule has 2 amide bonds. The van der Waals surface area contributed by atoms with Crippen molar-refractivity contribution in [2.24, 2.45) is 5.73 Å². The number of fused-ring (bicyclic) bond motifs is 3. The van der Waals surface area contributed by atoms with Crippen LogP contribution in [0.15, 0.2) is 146 Å². The van der Waals surface area contributed by atoms with Crippen LogP contribution in [0, 0.1) is 41.5 Å². The van der Waals surface area contributed by atoms with E-state index in [0.29, 0.717) is 149 Å². The third kappa shape index (κ3) is 22.4. The summed E-state index contributed by atoms with van der Waals surface area (Å²) < 4.78 is 14.7. The average Bonchev–Trinajstić information content (AvgIpc) is 0.800. The Kier molecular flexibility index (Phi) is 30.9. The second kappa shape index (κ2) is 39.1. The van der Waals surface area contributed by atoms with Crippen molar-refractivity contribution in [1.29, 1.82) is 0 Å². The number of rotatable bonds is 17. The molecule has 25 nitrogen and oxygen atoms in total. The molecular formula is C80H83Cl4N15O10. The van der Waals surface area contributed by atoms with Crippen LogP contribution in [0.2, 0.25) is 15.1 Å². The lowest BCUT2D eigenvalue weighted by Crippen LogP contribution is -2.24. The molecule has 0 unspecified atom stereocenters. The number of nitrogens with one attached hydrogen (secondary N) is 2. The molecule has 12 aromatic rings. The predicted molar refractivity (Wildman–Crippen MR) is 428 cm³/mol. The number of aromatic nitrogens is 9. The summed E-state index contributed by atoms with van der Waals surface area (Å²) in [5, 5.41) is 18.5. The lowest BCUT2D eigenvalue weighted by Gasteiger charge is -2.12. The van der Waals surface area contributed by atoms with Gasteiger partial charge in [-0.3, -0.25) is 39.5 Å². The van der Waals surface area contributed by atoms with Crippen LogP contribution in [0.3, 0.4) is 0 Å². The lowest BCUT2D eigenvalue weighted by atomic mass is 10.0. The van der Waals surface area contributed by atoms with Gasteiger partial charge in [-0.1, -0.05) is 49.7 Å². The molecule has 0 aliphatic carbocycles. The van der Waals surface area contributed by atoms with Gasteiger partial charge in [0, 0.05) is 138 Å². The Morgan fingerprint density at radius 2 is 0.716 bits per heavy atom. The maximum Gasteiger partial charge on any atom is 0.340 e. The number of aromatic carboxylic acids is 1. The molecule has 0 atom stereocenters. The molecule has 0 aliphatic heterocycles. The van der Waals surface area contributed by atoms with Crippen LogP contribution < -0.4 is 33.6 Å². The third-order valence-corrected chi connectivity index (χ3v) is 17.4. The highest BCUT2D eigenvalue weighted by Gasteiger charge is 2.21. The minimum atomic E-state index is -1.02. The van der Waals surface area contributed by atoms with Crippen LogP contribution in [-0.2, 0) is 53.1 Å². The Morgan fingerprint density at radius 1 is 0.422 bits per heavy atom. The monoisotopic (exact) mass is 1550 g/mol. The first kappa shape index (κ1) is 86.1. The summed E-state index contributed by atoms with van der Waals surface area (Å²) in [6.45, 7) is 12.7. The molecule has 3 aromatic carbocycles. The topological polar surface area (TPSA) is 394 Å². The maximum atomic E-state index is 12.8.